The number of hydrogen-bond donors (Lipinski definition) is 0. The Labute approximate surface area is 96.8 Å². The lowest BCUT2D eigenvalue weighted by Crippen LogP contribution is -2.16. The van der Waals surface area contributed by atoms with Crippen LogP contribution in [0.3, 0.4) is 0 Å². The number of aromatic nitrogens is 3. The summed E-state index contributed by atoms with van der Waals surface area (Å²) in [6, 6.07) is 0. The van der Waals surface area contributed by atoms with Crippen LogP contribution in [0.1, 0.15) is 32.9 Å². The third kappa shape index (κ3) is 3.59. The van der Waals surface area contributed by atoms with Gasteiger partial charge < -0.3 is 0 Å². The zero-order chi connectivity index (χ0) is 12.4. The summed E-state index contributed by atoms with van der Waals surface area (Å²) in [4.78, 5) is 0. The van der Waals surface area contributed by atoms with Crippen LogP contribution in [0.25, 0.3) is 0 Å². The van der Waals surface area contributed by atoms with Gasteiger partial charge in [-0.1, -0.05) is 26.0 Å². The maximum atomic E-state index is 11.0. The molecule has 1 aromatic heterocycles. The van der Waals surface area contributed by atoms with Crippen LogP contribution in [0.15, 0.2) is 6.20 Å². The molecule has 0 aliphatic carbocycles. The lowest BCUT2D eigenvalue weighted by molar-refractivity contribution is 0.489. The minimum absolute atomic E-state index is 0.0106. The van der Waals surface area contributed by atoms with Gasteiger partial charge in [-0.2, -0.15) is 0 Å². The Kier molecular flexibility index (Phi) is 3.72. The Hall–Kier alpha value is -0.910. The molecule has 92 valence electrons. The van der Waals surface area contributed by atoms with E-state index in [1.165, 1.54) is 6.26 Å². The predicted octanol–water partition coefficient (Wildman–Crippen LogP) is 1.01. The standard InChI is InChI=1S/C10H19N3O2S/c1-5-10(2,3)9-8-13(12-11-9)6-7-16(4,14)15/h8H,5-7H2,1-4H3. The van der Waals surface area contributed by atoms with Gasteiger partial charge in [-0.15, -0.1) is 5.10 Å². The second-order valence-corrected chi connectivity index (χ2v) is 6.99. The molecule has 0 amide bonds. The minimum atomic E-state index is -2.94. The van der Waals surface area contributed by atoms with Crippen LogP contribution in [-0.4, -0.2) is 35.4 Å². The van der Waals surface area contributed by atoms with Crippen LogP contribution in [0, 0.1) is 0 Å². The van der Waals surface area contributed by atoms with E-state index in [0.29, 0.717) is 6.54 Å². The van der Waals surface area contributed by atoms with Crippen molar-refractivity contribution < 1.29 is 8.42 Å². The second kappa shape index (κ2) is 4.53. The van der Waals surface area contributed by atoms with E-state index in [1.807, 2.05) is 6.20 Å². The summed E-state index contributed by atoms with van der Waals surface area (Å²) in [6.45, 7) is 6.65. The highest BCUT2D eigenvalue weighted by molar-refractivity contribution is 7.90. The van der Waals surface area contributed by atoms with E-state index < -0.39 is 9.84 Å². The lowest BCUT2D eigenvalue weighted by Gasteiger charge is -2.18. The first-order valence-corrected chi connectivity index (χ1v) is 7.39. The first kappa shape index (κ1) is 13.2. The van der Waals surface area contributed by atoms with Crippen molar-refractivity contribution in [2.75, 3.05) is 12.0 Å². The van der Waals surface area contributed by atoms with E-state index in [4.69, 9.17) is 0 Å². The SMILES string of the molecule is CCC(C)(C)c1cn(CCS(C)(=O)=O)nn1. The fraction of sp³-hybridized carbons (Fsp3) is 0.800. The van der Waals surface area contributed by atoms with Gasteiger partial charge in [-0.05, 0) is 6.42 Å². The molecule has 0 atom stereocenters. The average molecular weight is 245 g/mol. The van der Waals surface area contributed by atoms with Crippen molar-refractivity contribution in [3.05, 3.63) is 11.9 Å². The van der Waals surface area contributed by atoms with Gasteiger partial charge in [-0.25, -0.2) is 8.42 Å². The lowest BCUT2D eigenvalue weighted by atomic mass is 9.87. The second-order valence-electron chi connectivity index (χ2n) is 4.73. The normalized spacial score (nSPS) is 13.0. The molecule has 6 heteroatoms. The van der Waals surface area contributed by atoms with Gasteiger partial charge in [0.15, 0.2) is 0 Å². The predicted molar refractivity (Wildman–Crippen MR) is 63.0 cm³/mol. The highest BCUT2D eigenvalue weighted by atomic mass is 32.2. The summed E-state index contributed by atoms with van der Waals surface area (Å²) in [5.41, 5.74) is 0.895. The Morgan fingerprint density at radius 2 is 2.06 bits per heavy atom. The molecule has 1 rings (SSSR count). The zero-order valence-electron chi connectivity index (χ0n) is 10.3. The summed E-state index contributed by atoms with van der Waals surface area (Å²) in [5, 5.41) is 8.01. The zero-order valence-corrected chi connectivity index (χ0v) is 11.1. The molecule has 1 aromatic rings. The molecular weight excluding hydrogens is 226 g/mol. The molecule has 0 spiro atoms. The van der Waals surface area contributed by atoms with Gasteiger partial charge in [0, 0.05) is 17.9 Å². The van der Waals surface area contributed by atoms with E-state index >= 15 is 0 Å². The van der Waals surface area contributed by atoms with Gasteiger partial charge in [-0.3, -0.25) is 4.68 Å². The molecule has 0 saturated heterocycles. The maximum Gasteiger partial charge on any atom is 0.149 e. The number of aryl methyl sites for hydroxylation is 1. The molecule has 0 aliphatic rings. The van der Waals surface area contributed by atoms with Crippen molar-refractivity contribution in [3.63, 3.8) is 0 Å². The summed E-state index contributed by atoms with van der Waals surface area (Å²) < 4.78 is 23.6. The summed E-state index contributed by atoms with van der Waals surface area (Å²) in [7, 11) is -2.94. The summed E-state index contributed by atoms with van der Waals surface area (Å²) in [5.74, 6) is 0.0996. The molecule has 0 aromatic carbocycles. The van der Waals surface area contributed by atoms with Crippen LogP contribution in [0.2, 0.25) is 0 Å². The first-order chi connectivity index (χ1) is 7.24. The van der Waals surface area contributed by atoms with Crippen LogP contribution in [-0.2, 0) is 21.8 Å². The van der Waals surface area contributed by atoms with E-state index in [1.54, 1.807) is 4.68 Å². The molecule has 16 heavy (non-hydrogen) atoms. The number of rotatable bonds is 5. The molecule has 5 nitrogen and oxygen atoms in total. The third-order valence-electron chi connectivity index (χ3n) is 2.81. The van der Waals surface area contributed by atoms with Crippen molar-refractivity contribution in [2.24, 2.45) is 0 Å². The summed E-state index contributed by atoms with van der Waals surface area (Å²) >= 11 is 0. The monoisotopic (exact) mass is 245 g/mol. The van der Waals surface area contributed by atoms with Gasteiger partial charge >= 0.3 is 0 Å². The highest BCUT2D eigenvalue weighted by Gasteiger charge is 2.21. The summed E-state index contributed by atoms with van der Waals surface area (Å²) in [6.07, 6.45) is 4.02. The van der Waals surface area contributed by atoms with E-state index in [-0.39, 0.29) is 11.2 Å². The molecule has 0 saturated carbocycles. The van der Waals surface area contributed by atoms with Crippen LogP contribution < -0.4 is 0 Å². The highest BCUT2D eigenvalue weighted by Crippen LogP contribution is 2.23. The third-order valence-corrected chi connectivity index (χ3v) is 3.73. The van der Waals surface area contributed by atoms with E-state index in [9.17, 15) is 8.42 Å². The Morgan fingerprint density at radius 1 is 1.44 bits per heavy atom. The molecule has 0 fully saturated rings. The smallest absolute Gasteiger partial charge is 0.149 e. The number of hydrogen-bond acceptors (Lipinski definition) is 4. The maximum absolute atomic E-state index is 11.0. The van der Waals surface area contributed by atoms with Gasteiger partial charge in [0.1, 0.15) is 9.84 Å². The Balaban J connectivity index is 2.73. The molecular formula is C10H19N3O2S. The molecule has 0 aliphatic heterocycles. The van der Waals surface area contributed by atoms with E-state index in [0.717, 1.165) is 12.1 Å². The van der Waals surface area contributed by atoms with Crippen molar-refractivity contribution in [2.45, 2.75) is 39.2 Å². The Bertz CT molecular complexity index is 448. The molecule has 0 bridgehead atoms. The fourth-order valence-corrected chi connectivity index (χ4v) is 1.68. The van der Waals surface area contributed by atoms with Crippen LogP contribution in [0.4, 0.5) is 0 Å². The first-order valence-electron chi connectivity index (χ1n) is 5.33. The van der Waals surface area contributed by atoms with Gasteiger partial charge in [0.05, 0.1) is 18.0 Å². The van der Waals surface area contributed by atoms with E-state index in [2.05, 4.69) is 31.1 Å². The van der Waals surface area contributed by atoms with Crippen molar-refractivity contribution in [3.8, 4) is 0 Å². The van der Waals surface area contributed by atoms with Crippen LogP contribution >= 0.6 is 0 Å². The molecule has 0 unspecified atom stereocenters. The quantitative estimate of drug-likeness (QED) is 0.776. The van der Waals surface area contributed by atoms with Gasteiger partial charge in [0.25, 0.3) is 0 Å². The van der Waals surface area contributed by atoms with Gasteiger partial charge in [0.2, 0.25) is 0 Å². The molecule has 0 radical (unpaired) electrons. The molecule has 0 N–H and O–H groups in total. The number of nitrogens with zero attached hydrogens (tertiary/aromatic N) is 3. The Morgan fingerprint density at radius 3 is 2.56 bits per heavy atom. The van der Waals surface area contributed by atoms with Crippen molar-refractivity contribution in [1.29, 1.82) is 0 Å². The largest absolute Gasteiger partial charge is 0.251 e. The average Bonchev–Trinajstić information content (AvgIpc) is 2.62. The van der Waals surface area contributed by atoms with Crippen LogP contribution in [0.5, 0.6) is 0 Å². The minimum Gasteiger partial charge on any atom is -0.251 e. The molecule has 1 heterocycles. The van der Waals surface area contributed by atoms with Crippen molar-refractivity contribution in [1.82, 2.24) is 15.0 Å². The van der Waals surface area contributed by atoms with Crippen molar-refractivity contribution >= 4 is 9.84 Å². The number of sulfone groups is 1. The topological polar surface area (TPSA) is 64.8 Å². The fourth-order valence-electron chi connectivity index (χ4n) is 1.16.